The largest absolute Gasteiger partial charge is 0.481 e. The van der Waals surface area contributed by atoms with E-state index in [1.54, 1.807) is 20.8 Å². The van der Waals surface area contributed by atoms with Crippen LogP contribution in [0, 0.1) is 0 Å². The van der Waals surface area contributed by atoms with Crippen LogP contribution < -0.4 is 14.2 Å². The Morgan fingerprint density at radius 2 is 0.686 bits per heavy atom. The van der Waals surface area contributed by atoms with Gasteiger partial charge in [-0.2, -0.15) is 0 Å². The van der Waals surface area contributed by atoms with E-state index in [2.05, 4.69) is 47.8 Å². The van der Waals surface area contributed by atoms with Crippen molar-refractivity contribution in [1.82, 2.24) is 0 Å². The Balaban J connectivity index is 1.79. The molecule has 0 aromatic heterocycles. The molecule has 1 heterocycles. The minimum absolute atomic E-state index is 0.0844. The van der Waals surface area contributed by atoms with E-state index in [0.29, 0.717) is 50.6 Å². The van der Waals surface area contributed by atoms with Crippen molar-refractivity contribution in [3.8, 4) is 17.2 Å². The minimum atomic E-state index is -0.522. The molecule has 51 heavy (non-hydrogen) atoms. The second-order valence-electron chi connectivity index (χ2n) is 10.9. The van der Waals surface area contributed by atoms with Gasteiger partial charge in [0, 0.05) is 46.8 Å². The monoisotopic (exact) mass is 900 g/mol. The number of carbonyl (C=O) groups excluding carboxylic acids is 3. The first kappa shape index (κ1) is 40.6. The highest BCUT2D eigenvalue weighted by molar-refractivity contribution is 9.11. The summed E-state index contributed by atoms with van der Waals surface area (Å²) < 4.78 is 54.2. The molecule has 0 radical (unpaired) electrons. The lowest BCUT2D eigenvalue weighted by molar-refractivity contribution is -0.146. The molecule has 0 atom stereocenters. The number of carbonyl (C=O) groups is 3. The van der Waals surface area contributed by atoms with Crippen LogP contribution in [0.25, 0.3) is 0 Å². The topological polar surface area (TPSA) is 134 Å². The number of benzene rings is 3. The predicted molar refractivity (Wildman–Crippen MR) is 194 cm³/mol. The first-order valence-corrected chi connectivity index (χ1v) is 18.5. The Hall–Kier alpha value is -3.21. The van der Waals surface area contributed by atoms with Crippen LogP contribution in [0.1, 0.15) is 54.2 Å². The number of esters is 3. The van der Waals surface area contributed by atoms with Crippen molar-refractivity contribution in [3.05, 3.63) is 83.2 Å². The van der Waals surface area contributed by atoms with Crippen LogP contribution >= 0.6 is 47.8 Å². The van der Waals surface area contributed by atoms with Crippen molar-refractivity contribution < 1.29 is 57.0 Å². The van der Waals surface area contributed by atoms with Crippen molar-refractivity contribution in [3.63, 3.8) is 0 Å². The van der Waals surface area contributed by atoms with Crippen LogP contribution in [0.2, 0.25) is 0 Å². The van der Waals surface area contributed by atoms with Crippen LogP contribution in [0.15, 0.2) is 49.8 Å². The number of halogens is 3. The Morgan fingerprint density at radius 1 is 0.471 bits per heavy atom. The SMILES string of the molecule is CCOC(=O)COc1c2cc(Br)cc1COCc1cc(Br)cc(c1OCC(=O)OCC)COCc1cc(Br)cc(c1OCC(=O)OCC)COC2. The van der Waals surface area contributed by atoms with Gasteiger partial charge in [0.1, 0.15) is 17.2 Å². The smallest absolute Gasteiger partial charge is 0.344 e. The van der Waals surface area contributed by atoms with Crippen LogP contribution in [0.4, 0.5) is 0 Å². The fraction of sp³-hybridized carbons (Fsp3) is 0.417. The van der Waals surface area contributed by atoms with Crippen molar-refractivity contribution in [2.75, 3.05) is 39.6 Å². The lowest BCUT2D eigenvalue weighted by atomic mass is 10.1. The molecular weight excluding hydrogens is 864 g/mol. The van der Waals surface area contributed by atoms with E-state index in [1.807, 2.05) is 36.4 Å². The maximum absolute atomic E-state index is 12.3. The van der Waals surface area contributed by atoms with Gasteiger partial charge in [0.05, 0.1) is 59.5 Å². The second kappa shape index (κ2) is 20.7. The quantitative estimate of drug-likeness (QED) is 0.134. The maximum atomic E-state index is 12.3. The van der Waals surface area contributed by atoms with Gasteiger partial charge in [-0.05, 0) is 57.2 Å². The van der Waals surface area contributed by atoms with Gasteiger partial charge >= 0.3 is 17.9 Å². The normalized spacial score (nSPS) is 13.3. The van der Waals surface area contributed by atoms with Gasteiger partial charge in [0.25, 0.3) is 0 Å². The molecule has 0 spiro atoms. The second-order valence-corrected chi connectivity index (χ2v) is 13.7. The van der Waals surface area contributed by atoms with E-state index in [9.17, 15) is 14.4 Å². The Labute approximate surface area is 321 Å². The lowest BCUT2D eigenvalue weighted by Gasteiger charge is -2.20. The van der Waals surface area contributed by atoms with Crippen molar-refractivity contribution >= 4 is 65.7 Å². The molecule has 0 fully saturated rings. The molecule has 0 saturated carbocycles. The Morgan fingerprint density at radius 3 is 0.882 bits per heavy atom. The molecular formula is C36H39Br3O12. The van der Waals surface area contributed by atoms with Gasteiger partial charge in [0.15, 0.2) is 19.8 Å². The van der Waals surface area contributed by atoms with Crippen molar-refractivity contribution in [2.45, 2.75) is 60.4 Å². The number of hydrogen-bond acceptors (Lipinski definition) is 12. The highest BCUT2D eigenvalue weighted by atomic mass is 79.9. The molecule has 12 nitrogen and oxygen atoms in total. The number of fused-ring (bicyclic) bond motifs is 6. The summed E-state index contributed by atoms with van der Waals surface area (Å²) in [5.41, 5.74) is 3.86. The molecule has 0 unspecified atom stereocenters. The Bertz CT molecular complexity index is 1410. The summed E-state index contributed by atoms with van der Waals surface area (Å²) in [6.45, 7) is 5.34. The summed E-state index contributed by atoms with van der Waals surface area (Å²) in [5, 5.41) is 0. The molecule has 0 N–H and O–H groups in total. The summed E-state index contributed by atoms with van der Waals surface area (Å²) in [7, 11) is 0. The van der Waals surface area contributed by atoms with Gasteiger partial charge in [-0.3, -0.25) is 0 Å². The average Bonchev–Trinajstić information content (AvgIpc) is 3.07. The Kier molecular flexibility index (Phi) is 16.5. The van der Waals surface area contributed by atoms with Crippen LogP contribution in [-0.2, 0) is 82.4 Å². The third-order valence-corrected chi connectivity index (χ3v) is 8.46. The zero-order valence-corrected chi connectivity index (χ0v) is 33.2. The van der Waals surface area contributed by atoms with E-state index in [1.165, 1.54) is 0 Å². The summed E-state index contributed by atoms with van der Waals surface area (Å²) in [5.74, 6) is -0.350. The number of rotatable bonds is 12. The van der Waals surface area contributed by atoms with E-state index >= 15 is 0 Å². The summed E-state index contributed by atoms with van der Waals surface area (Å²) in [4.78, 5) is 36.9. The molecule has 0 amide bonds. The first-order valence-electron chi connectivity index (χ1n) is 16.1. The zero-order chi connectivity index (χ0) is 36.8. The van der Waals surface area contributed by atoms with Crippen LogP contribution in [-0.4, -0.2) is 57.5 Å². The zero-order valence-electron chi connectivity index (χ0n) is 28.5. The van der Waals surface area contributed by atoms with Gasteiger partial charge in [-0.25, -0.2) is 14.4 Å². The van der Waals surface area contributed by atoms with Gasteiger partial charge in [-0.1, -0.05) is 47.8 Å². The molecule has 276 valence electrons. The molecule has 3 aromatic rings. The summed E-state index contributed by atoms with van der Waals surface area (Å²) >= 11 is 10.8. The third-order valence-electron chi connectivity index (χ3n) is 7.09. The van der Waals surface area contributed by atoms with E-state index in [-0.39, 0.29) is 79.3 Å². The molecule has 0 aliphatic carbocycles. The van der Waals surface area contributed by atoms with E-state index in [0.717, 1.165) is 13.4 Å². The standard InChI is InChI=1S/C36H39Br3O12/c1-4-46-31(40)19-49-34-22-7-28(37)8-23(34)14-44-16-25-10-30(39)12-27(36(25)51-21-33(42)48-6-3)18-45-17-26-11-29(38)9-24(15-43-13-22)35(26)50-20-32(41)47-5-2/h7-12H,4-6,13-21H2,1-3H3. The fourth-order valence-electron chi connectivity index (χ4n) is 5.15. The highest BCUT2D eigenvalue weighted by Gasteiger charge is 2.21. The molecule has 1 aliphatic rings. The molecule has 6 bridgehead atoms. The van der Waals surface area contributed by atoms with Crippen molar-refractivity contribution in [2.24, 2.45) is 0 Å². The molecule has 1 aliphatic heterocycles. The molecule has 0 saturated heterocycles. The van der Waals surface area contributed by atoms with E-state index < -0.39 is 17.9 Å². The highest BCUT2D eigenvalue weighted by Crippen LogP contribution is 2.35. The third kappa shape index (κ3) is 12.5. The number of ether oxygens (including phenoxy) is 9. The summed E-state index contributed by atoms with van der Waals surface area (Å²) in [6, 6.07) is 11.0. The maximum Gasteiger partial charge on any atom is 0.344 e. The summed E-state index contributed by atoms with van der Waals surface area (Å²) in [6.07, 6.45) is 0. The molecule has 15 heteroatoms. The van der Waals surface area contributed by atoms with Crippen molar-refractivity contribution in [1.29, 1.82) is 0 Å². The van der Waals surface area contributed by atoms with Gasteiger partial charge < -0.3 is 42.6 Å². The molecule has 4 rings (SSSR count). The van der Waals surface area contributed by atoms with Gasteiger partial charge in [0.2, 0.25) is 0 Å². The minimum Gasteiger partial charge on any atom is -0.481 e. The van der Waals surface area contributed by atoms with Crippen LogP contribution in [0.5, 0.6) is 17.2 Å². The van der Waals surface area contributed by atoms with Crippen LogP contribution in [0.3, 0.4) is 0 Å². The van der Waals surface area contributed by atoms with E-state index in [4.69, 9.17) is 42.6 Å². The predicted octanol–water partition coefficient (Wildman–Crippen LogP) is 7.26. The lowest BCUT2D eigenvalue weighted by Crippen LogP contribution is -2.17. The number of hydrogen-bond donors (Lipinski definition) is 0. The fourth-order valence-corrected chi connectivity index (χ4v) is 6.81. The molecule has 3 aromatic carbocycles. The average molecular weight is 903 g/mol. The first-order chi connectivity index (χ1) is 24.6. The van der Waals surface area contributed by atoms with Gasteiger partial charge in [-0.15, -0.1) is 0 Å².